The predicted molar refractivity (Wildman–Crippen MR) is 82.1 cm³/mol. The van der Waals surface area contributed by atoms with Crippen molar-refractivity contribution >= 4 is 13.2 Å². The molecule has 5 heteroatoms. The molecule has 2 rings (SSSR count). The Hall–Kier alpha value is -1.17. The van der Waals surface area contributed by atoms with Gasteiger partial charge in [0, 0.05) is 18.3 Å². The van der Waals surface area contributed by atoms with Crippen LogP contribution in [0.4, 0.5) is 0 Å². The molecular formula is C15H23BN2O2. The summed E-state index contributed by atoms with van der Waals surface area (Å²) in [6, 6.07) is 4.00. The minimum atomic E-state index is -0.314. The van der Waals surface area contributed by atoms with E-state index in [1.54, 1.807) is 6.20 Å². The molecule has 2 N–H and O–H groups in total. The Labute approximate surface area is 121 Å². The lowest BCUT2D eigenvalue weighted by Gasteiger charge is -2.32. The van der Waals surface area contributed by atoms with E-state index in [2.05, 4.69) is 4.98 Å². The molecule has 0 saturated carbocycles. The van der Waals surface area contributed by atoms with E-state index < -0.39 is 0 Å². The molecule has 0 aromatic carbocycles. The van der Waals surface area contributed by atoms with Crippen LogP contribution in [0.25, 0.3) is 6.08 Å². The Morgan fingerprint density at radius 3 is 2.50 bits per heavy atom. The Morgan fingerprint density at radius 1 is 1.25 bits per heavy atom. The lowest BCUT2D eigenvalue weighted by molar-refractivity contribution is 0.00578. The van der Waals surface area contributed by atoms with Crippen LogP contribution in [0.5, 0.6) is 0 Å². The van der Waals surface area contributed by atoms with Gasteiger partial charge < -0.3 is 15.0 Å². The van der Waals surface area contributed by atoms with Gasteiger partial charge in [-0.25, -0.2) is 0 Å². The monoisotopic (exact) mass is 274 g/mol. The van der Waals surface area contributed by atoms with Crippen LogP contribution in [-0.2, 0) is 15.7 Å². The number of nitrogens with zero attached hydrogens (tertiary/aromatic N) is 1. The summed E-state index contributed by atoms with van der Waals surface area (Å²) in [5, 5.41) is 0. The highest BCUT2D eigenvalue weighted by Gasteiger charge is 2.49. The number of aromatic nitrogens is 1. The van der Waals surface area contributed by atoms with E-state index in [1.165, 1.54) is 0 Å². The van der Waals surface area contributed by atoms with Crippen LogP contribution in [0.15, 0.2) is 24.3 Å². The van der Waals surface area contributed by atoms with Crippen molar-refractivity contribution in [1.82, 2.24) is 4.98 Å². The standard InChI is InChI=1S/C15H23BN2O2/c1-14(2)15(3,4)20-16(19-14)8-5-12-7-10-18-13(11-12)6-9-17/h5,7-8,10-11H,6,9,17H2,1-4H3/b8-5+. The zero-order chi connectivity index (χ0) is 14.8. The molecule has 20 heavy (non-hydrogen) atoms. The Morgan fingerprint density at radius 2 is 1.90 bits per heavy atom. The Bertz CT molecular complexity index is 484. The third kappa shape index (κ3) is 3.29. The van der Waals surface area contributed by atoms with Gasteiger partial charge in [0.05, 0.1) is 11.2 Å². The van der Waals surface area contributed by atoms with Crippen LogP contribution in [0, 0.1) is 0 Å². The van der Waals surface area contributed by atoms with Crippen LogP contribution >= 0.6 is 0 Å². The second kappa shape index (κ2) is 5.68. The van der Waals surface area contributed by atoms with Crippen molar-refractivity contribution in [3.8, 4) is 0 Å². The largest absolute Gasteiger partial charge is 0.487 e. The van der Waals surface area contributed by atoms with Gasteiger partial charge in [0.2, 0.25) is 0 Å². The molecule has 0 unspecified atom stereocenters. The summed E-state index contributed by atoms with van der Waals surface area (Å²) in [6.07, 6.45) is 4.59. The van der Waals surface area contributed by atoms with Gasteiger partial charge in [-0.3, -0.25) is 4.98 Å². The summed E-state index contributed by atoms with van der Waals surface area (Å²) in [4.78, 5) is 4.28. The third-order valence-electron chi connectivity index (χ3n) is 3.96. The molecule has 0 radical (unpaired) electrons. The first-order chi connectivity index (χ1) is 9.34. The van der Waals surface area contributed by atoms with Crippen LogP contribution in [-0.4, -0.2) is 29.8 Å². The maximum atomic E-state index is 5.92. The highest BCUT2D eigenvalue weighted by atomic mass is 16.7. The van der Waals surface area contributed by atoms with Gasteiger partial charge in [0.1, 0.15) is 0 Å². The van der Waals surface area contributed by atoms with Gasteiger partial charge in [-0.2, -0.15) is 0 Å². The van der Waals surface area contributed by atoms with Gasteiger partial charge in [-0.05, 0) is 51.9 Å². The molecule has 0 spiro atoms. The van der Waals surface area contributed by atoms with Crippen molar-refractivity contribution in [3.05, 3.63) is 35.6 Å². The van der Waals surface area contributed by atoms with E-state index in [0.29, 0.717) is 6.54 Å². The van der Waals surface area contributed by atoms with E-state index in [4.69, 9.17) is 15.0 Å². The third-order valence-corrected chi connectivity index (χ3v) is 3.96. The summed E-state index contributed by atoms with van der Waals surface area (Å²) < 4.78 is 11.8. The van der Waals surface area contributed by atoms with E-state index >= 15 is 0 Å². The van der Waals surface area contributed by atoms with E-state index in [1.807, 2.05) is 51.9 Å². The zero-order valence-electron chi connectivity index (χ0n) is 12.7. The number of hydrogen-bond acceptors (Lipinski definition) is 4. The van der Waals surface area contributed by atoms with Gasteiger partial charge >= 0.3 is 7.12 Å². The fourth-order valence-corrected chi connectivity index (χ4v) is 2.04. The number of rotatable bonds is 4. The number of nitrogens with two attached hydrogens (primary N) is 1. The van der Waals surface area contributed by atoms with Crippen molar-refractivity contribution in [2.45, 2.75) is 45.3 Å². The lowest BCUT2D eigenvalue weighted by Crippen LogP contribution is -2.41. The van der Waals surface area contributed by atoms with Gasteiger partial charge in [0.25, 0.3) is 0 Å². The minimum absolute atomic E-state index is 0.301. The van der Waals surface area contributed by atoms with Crippen molar-refractivity contribution in [2.75, 3.05) is 6.54 Å². The smallest absolute Gasteiger partial charge is 0.400 e. The van der Waals surface area contributed by atoms with E-state index in [-0.39, 0.29) is 18.3 Å². The number of pyridine rings is 1. The number of hydrogen-bond donors (Lipinski definition) is 1. The molecule has 0 aliphatic carbocycles. The van der Waals surface area contributed by atoms with Crippen molar-refractivity contribution in [2.24, 2.45) is 5.73 Å². The average molecular weight is 274 g/mol. The second-order valence-corrected chi connectivity index (χ2v) is 6.10. The van der Waals surface area contributed by atoms with Crippen molar-refractivity contribution in [1.29, 1.82) is 0 Å². The van der Waals surface area contributed by atoms with E-state index in [9.17, 15) is 0 Å². The molecule has 2 heterocycles. The summed E-state index contributed by atoms with van der Waals surface area (Å²) in [5.41, 5.74) is 7.03. The molecule has 4 nitrogen and oxygen atoms in total. The first-order valence-electron chi connectivity index (χ1n) is 7.03. The van der Waals surface area contributed by atoms with Gasteiger partial charge in [-0.15, -0.1) is 0 Å². The van der Waals surface area contributed by atoms with Crippen LogP contribution < -0.4 is 5.73 Å². The quantitative estimate of drug-likeness (QED) is 0.855. The SMILES string of the molecule is CC1(C)OB(/C=C/c2ccnc(CCN)c2)OC1(C)C. The van der Waals surface area contributed by atoms with Crippen molar-refractivity contribution in [3.63, 3.8) is 0 Å². The summed E-state index contributed by atoms with van der Waals surface area (Å²) in [5.74, 6) is 1.94. The first-order valence-corrected chi connectivity index (χ1v) is 7.03. The second-order valence-electron chi connectivity index (χ2n) is 6.10. The first kappa shape index (κ1) is 15.2. The highest BCUT2D eigenvalue weighted by molar-refractivity contribution is 6.52. The minimum Gasteiger partial charge on any atom is -0.400 e. The fraction of sp³-hybridized carbons (Fsp3) is 0.533. The molecule has 1 aliphatic heterocycles. The normalized spacial score (nSPS) is 20.8. The predicted octanol–water partition coefficient (Wildman–Crippen LogP) is 2.23. The maximum Gasteiger partial charge on any atom is 0.487 e. The summed E-state index contributed by atoms with van der Waals surface area (Å²) in [7, 11) is -0.314. The molecule has 1 aromatic heterocycles. The molecule has 1 aromatic rings. The maximum absolute atomic E-state index is 5.92. The summed E-state index contributed by atoms with van der Waals surface area (Å²) in [6.45, 7) is 8.80. The average Bonchev–Trinajstić information content (AvgIpc) is 2.56. The lowest BCUT2D eigenvalue weighted by atomic mass is 9.89. The van der Waals surface area contributed by atoms with Gasteiger partial charge in [0.15, 0.2) is 0 Å². The highest BCUT2D eigenvalue weighted by Crippen LogP contribution is 2.36. The van der Waals surface area contributed by atoms with Crippen LogP contribution in [0.3, 0.4) is 0 Å². The van der Waals surface area contributed by atoms with E-state index in [0.717, 1.165) is 17.7 Å². The molecule has 108 valence electrons. The molecule has 0 bridgehead atoms. The van der Waals surface area contributed by atoms with Crippen molar-refractivity contribution < 1.29 is 9.31 Å². The van der Waals surface area contributed by atoms with Crippen LogP contribution in [0.2, 0.25) is 0 Å². The Kier molecular flexibility index (Phi) is 4.32. The molecule has 1 aliphatic rings. The summed E-state index contributed by atoms with van der Waals surface area (Å²) >= 11 is 0. The molecular weight excluding hydrogens is 251 g/mol. The molecule has 0 atom stereocenters. The zero-order valence-corrected chi connectivity index (χ0v) is 12.7. The fourth-order valence-electron chi connectivity index (χ4n) is 2.04. The van der Waals surface area contributed by atoms with Gasteiger partial charge in [-0.1, -0.05) is 12.1 Å². The molecule has 1 saturated heterocycles. The Balaban J connectivity index is 2.06. The topological polar surface area (TPSA) is 57.4 Å². The molecule has 0 amide bonds. The van der Waals surface area contributed by atoms with Crippen LogP contribution in [0.1, 0.15) is 39.0 Å². The molecule has 1 fully saturated rings.